The molecule has 1 N–H and O–H groups in total. The number of aliphatic imine (C=N–C) groups is 1. The van der Waals surface area contributed by atoms with Crippen LogP contribution in [0.5, 0.6) is 5.75 Å². The molecule has 2 aromatic carbocycles. The van der Waals surface area contributed by atoms with Gasteiger partial charge >= 0.3 is 5.63 Å². The molecule has 0 unspecified atom stereocenters. The number of fused-ring (bicyclic) bond motifs is 1. The first-order chi connectivity index (χ1) is 14.0. The van der Waals surface area contributed by atoms with Gasteiger partial charge in [0.25, 0.3) is 5.91 Å². The molecule has 2 heterocycles. The summed E-state index contributed by atoms with van der Waals surface area (Å²) in [5, 5.41) is 3.04. The van der Waals surface area contributed by atoms with Crippen molar-refractivity contribution in [2.75, 3.05) is 12.4 Å². The van der Waals surface area contributed by atoms with Crippen LogP contribution in [0.1, 0.15) is 12.0 Å². The van der Waals surface area contributed by atoms with Gasteiger partial charge in [0.1, 0.15) is 21.6 Å². The third kappa shape index (κ3) is 3.93. The summed E-state index contributed by atoms with van der Waals surface area (Å²) in [7, 11) is 1.51. The van der Waals surface area contributed by atoms with Crippen LogP contribution in [0.25, 0.3) is 11.0 Å². The number of hydrogen-bond acceptors (Lipinski definition) is 6. The Morgan fingerprint density at radius 1 is 1.17 bits per heavy atom. The molecule has 0 aliphatic carbocycles. The van der Waals surface area contributed by atoms with E-state index in [9.17, 15) is 14.4 Å². The number of thioether (sulfide) groups is 1. The van der Waals surface area contributed by atoms with Crippen LogP contribution in [0.4, 0.5) is 5.69 Å². The summed E-state index contributed by atoms with van der Waals surface area (Å²) in [5.41, 5.74) is 0.632. The van der Waals surface area contributed by atoms with E-state index in [1.165, 1.54) is 7.11 Å². The summed E-state index contributed by atoms with van der Waals surface area (Å²) in [6, 6.07) is 15.8. The molecule has 0 saturated carbocycles. The fourth-order valence-electron chi connectivity index (χ4n) is 2.96. The fraction of sp³-hybridized carbons (Fsp3) is 0.143. The third-order valence-corrected chi connectivity index (χ3v) is 5.55. The molecule has 29 heavy (non-hydrogen) atoms. The number of methoxy groups -OCH3 is 1. The van der Waals surface area contributed by atoms with Gasteiger partial charge in [-0.3, -0.25) is 9.59 Å². The van der Waals surface area contributed by atoms with Gasteiger partial charge in [-0.2, -0.15) is 0 Å². The number of benzene rings is 2. The van der Waals surface area contributed by atoms with Crippen LogP contribution < -0.4 is 15.7 Å². The molecule has 146 valence electrons. The van der Waals surface area contributed by atoms with Gasteiger partial charge in [-0.05, 0) is 24.3 Å². The second-order valence-electron chi connectivity index (χ2n) is 6.30. The summed E-state index contributed by atoms with van der Waals surface area (Å²) in [6.45, 7) is 0. The van der Waals surface area contributed by atoms with Gasteiger partial charge in [-0.25, -0.2) is 9.79 Å². The highest BCUT2D eigenvalue weighted by molar-refractivity contribution is 8.16. The Morgan fingerprint density at radius 2 is 1.93 bits per heavy atom. The molecular weight excluding hydrogens is 392 g/mol. The van der Waals surface area contributed by atoms with Crippen molar-refractivity contribution < 1.29 is 18.7 Å². The highest BCUT2D eigenvalue weighted by atomic mass is 32.2. The molecule has 2 amide bonds. The Labute approximate surface area is 169 Å². The number of rotatable bonds is 5. The smallest absolute Gasteiger partial charge is 0.346 e. The molecule has 7 nitrogen and oxygen atoms in total. The predicted molar refractivity (Wildman–Crippen MR) is 112 cm³/mol. The molecule has 3 aromatic rings. The van der Waals surface area contributed by atoms with E-state index in [0.717, 1.165) is 17.1 Å². The van der Waals surface area contributed by atoms with Gasteiger partial charge in [0.15, 0.2) is 0 Å². The van der Waals surface area contributed by atoms with Gasteiger partial charge < -0.3 is 14.5 Å². The van der Waals surface area contributed by atoms with E-state index in [0.29, 0.717) is 17.0 Å². The molecule has 4 rings (SSSR count). The highest BCUT2D eigenvalue weighted by Gasteiger charge is 2.32. The second kappa shape index (κ2) is 7.92. The summed E-state index contributed by atoms with van der Waals surface area (Å²) in [6.07, 6.45) is -0.0759. The van der Waals surface area contributed by atoms with Crippen LogP contribution in [-0.4, -0.2) is 29.2 Å². The Hall–Kier alpha value is -3.39. The van der Waals surface area contributed by atoms with Crippen LogP contribution >= 0.6 is 11.8 Å². The minimum atomic E-state index is -0.703. The summed E-state index contributed by atoms with van der Waals surface area (Å²) >= 11 is 1.09. The zero-order valence-corrected chi connectivity index (χ0v) is 16.2. The van der Waals surface area contributed by atoms with Gasteiger partial charge in [-0.15, -0.1) is 0 Å². The lowest BCUT2D eigenvalue weighted by Crippen LogP contribution is -2.21. The van der Waals surface area contributed by atoms with Crippen LogP contribution in [0.15, 0.2) is 68.8 Å². The Balaban J connectivity index is 1.49. The van der Waals surface area contributed by atoms with E-state index in [-0.39, 0.29) is 22.9 Å². The van der Waals surface area contributed by atoms with Crippen molar-refractivity contribution in [2.24, 2.45) is 4.99 Å². The zero-order chi connectivity index (χ0) is 20.4. The number of para-hydroxylation sites is 3. The van der Waals surface area contributed by atoms with Crippen LogP contribution in [-0.2, 0) is 9.59 Å². The number of hydrogen-bond donors (Lipinski definition) is 1. The lowest BCUT2D eigenvalue weighted by atomic mass is 10.2. The van der Waals surface area contributed by atoms with Gasteiger partial charge in [0, 0.05) is 11.8 Å². The maximum atomic E-state index is 12.4. The van der Waals surface area contributed by atoms with E-state index < -0.39 is 16.8 Å². The zero-order valence-electron chi connectivity index (χ0n) is 15.4. The van der Waals surface area contributed by atoms with Crippen LogP contribution in [0.2, 0.25) is 0 Å². The lowest BCUT2D eigenvalue weighted by Gasteiger charge is -2.11. The number of carbonyl (C=O) groups is 2. The number of nitrogens with one attached hydrogen (secondary N) is 1. The Bertz CT molecular complexity index is 1200. The second-order valence-corrected chi connectivity index (χ2v) is 7.49. The number of nitrogens with zero attached hydrogens (tertiary/aromatic N) is 1. The molecule has 1 aromatic heterocycles. The summed E-state index contributed by atoms with van der Waals surface area (Å²) in [4.78, 5) is 41.0. The number of carbonyl (C=O) groups excluding carboxylic acids is 2. The van der Waals surface area contributed by atoms with Gasteiger partial charge in [0.05, 0.1) is 18.4 Å². The van der Waals surface area contributed by atoms with E-state index in [1.807, 2.05) is 12.1 Å². The van der Waals surface area contributed by atoms with Crippen LogP contribution in [0.3, 0.4) is 0 Å². The van der Waals surface area contributed by atoms with Crippen molar-refractivity contribution in [2.45, 2.75) is 11.7 Å². The Kier molecular flexibility index (Phi) is 5.18. The molecule has 0 bridgehead atoms. The first-order valence-electron chi connectivity index (χ1n) is 8.80. The molecule has 0 fully saturated rings. The van der Waals surface area contributed by atoms with E-state index in [4.69, 9.17) is 9.15 Å². The van der Waals surface area contributed by atoms with Crippen molar-refractivity contribution in [3.05, 3.63) is 70.6 Å². The van der Waals surface area contributed by atoms with E-state index >= 15 is 0 Å². The topological polar surface area (TPSA) is 98.0 Å². The Morgan fingerprint density at radius 3 is 2.76 bits per heavy atom. The molecule has 1 aliphatic rings. The van der Waals surface area contributed by atoms with Crippen molar-refractivity contribution in [1.29, 1.82) is 0 Å². The van der Waals surface area contributed by atoms with Gasteiger partial charge in [-0.1, -0.05) is 42.1 Å². The molecule has 8 heteroatoms. The predicted octanol–water partition coefficient (Wildman–Crippen LogP) is 3.22. The third-order valence-electron chi connectivity index (χ3n) is 4.36. The largest absolute Gasteiger partial charge is 0.495 e. The van der Waals surface area contributed by atoms with Gasteiger partial charge in [0.2, 0.25) is 5.91 Å². The number of anilines is 1. The maximum absolute atomic E-state index is 12.4. The molecule has 0 saturated heterocycles. The summed E-state index contributed by atoms with van der Waals surface area (Å²) in [5.74, 6) is -0.271. The molecule has 0 radical (unpaired) electrons. The number of ether oxygens (including phenoxy) is 1. The normalized spacial score (nSPS) is 16.0. The minimum absolute atomic E-state index is 0.0759. The first kappa shape index (κ1) is 18.9. The maximum Gasteiger partial charge on any atom is 0.346 e. The SMILES string of the molecule is COc1ccccc1NC(=O)C[C@H]1SC(c2cc3ccccc3oc2=O)=NC1=O. The van der Waals surface area contributed by atoms with E-state index in [2.05, 4.69) is 10.3 Å². The highest BCUT2D eigenvalue weighted by Crippen LogP contribution is 2.30. The van der Waals surface area contributed by atoms with Crippen molar-refractivity contribution in [3.8, 4) is 5.75 Å². The first-order valence-corrected chi connectivity index (χ1v) is 9.68. The molecule has 1 aliphatic heterocycles. The standard InChI is InChI=1S/C21H16N2O5S/c1-27-16-9-5-3-7-14(16)22-18(24)11-17-19(25)23-20(29-17)13-10-12-6-2-4-8-15(12)28-21(13)26/h2-10,17H,11H2,1H3,(H,22,24)/t17-/m1/s1. The van der Waals surface area contributed by atoms with Crippen molar-refractivity contribution >= 4 is 45.3 Å². The monoisotopic (exact) mass is 408 g/mol. The van der Waals surface area contributed by atoms with Crippen molar-refractivity contribution in [1.82, 2.24) is 0 Å². The summed E-state index contributed by atoms with van der Waals surface area (Å²) < 4.78 is 10.5. The molecule has 0 spiro atoms. The molecule has 1 atom stereocenters. The van der Waals surface area contributed by atoms with Crippen LogP contribution in [0, 0.1) is 0 Å². The fourth-order valence-corrected chi connectivity index (χ4v) is 4.03. The van der Waals surface area contributed by atoms with E-state index in [1.54, 1.807) is 42.5 Å². The minimum Gasteiger partial charge on any atom is -0.495 e. The number of amides is 2. The van der Waals surface area contributed by atoms with Crippen molar-refractivity contribution in [3.63, 3.8) is 0 Å². The molecular formula is C21H16N2O5S. The average Bonchev–Trinajstić information content (AvgIpc) is 3.07. The average molecular weight is 408 g/mol. The quantitative estimate of drug-likeness (QED) is 0.651. The lowest BCUT2D eigenvalue weighted by molar-refractivity contribution is -0.121.